The molecule has 0 amide bonds. The monoisotopic (exact) mass is 394 g/mol. The number of fused-ring (bicyclic) bond motifs is 1. The third-order valence-electron chi connectivity index (χ3n) is 4.87. The number of hydrogen-bond acceptors (Lipinski definition) is 4. The van der Waals surface area contributed by atoms with Crippen LogP contribution in [-0.2, 0) is 22.6 Å². The number of carbonyl (C=O) groups excluding carboxylic acids is 1. The van der Waals surface area contributed by atoms with Gasteiger partial charge in [0.1, 0.15) is 23.7 Å². The van der Waals surface area contributed by atoms with Crippen LogP contribution in [0.25, 0.3) is 11.0 Å². The van der Waals surface area contributed by atoms with Crippen LogP contribution in [0.2, 0.25) is 0 Å². The van der Waals surface area contributed by atoms with E-state index in [1.54, 1.807) is 0 Å². The fourth-order valence-corrected chi connectivity index (χ4v) is 3.40. The highest BCUT2D eigenvalue weighted by Gasteiger charge is 2.27. The van der Waals surface area contributed by atoms with Gasteiger partial charge in [-0.1, -0.05) is 32.0 Å². The molecule has 0 aliphatic heterocycles. The lowest BCUT2D eigenvalue weighted by molar-refractivity contribution is -0.142. The molecule has 1 aromatic heterocycles. The Bertz CT molecular complexity index is 966. The predicted molar refractivity (Wildman–Crippen MR) is 115 cm³/mol. The number of esters is 1. The molecule has 1 fully saturated rings. The first-order chi connectivity index (χ1) is 14.1. The van der Waals surface area contributed by atoms with Crippen molar-refractivity contribution >= 4 is 16.9 Å². The number of rotatable bonds is 7. The summed E-state index contributed by atoms with van der Waals surface area (Å²) in [6.45, 7) is 8.71. The third-order valence-corrected chi connectivity index (χ3v) is 4.87. The highest BCUT2D eigenvalue weighted by atomic mass is 16.5. The van der Waals surface area contributed by atoms with Crippen LogP contribution in [0.4, 0.5) is 0 Å². The van der Waals surface area contributed by atoms with Gasteiger partial charge in [0.25, 0.3) is 0 Å². The number of furan rings is 1. The van der Waals surface area contributed by atoms with Crippen molar-refractivity contribution in [1.29, 1.82) is 0 Å². The van der Waals surface area contributed by atoms with Gasteiger partial charge in [-0.2, -0.15) is 0 Å². The molecule has 1 saturated carbocycles. The van der Waals surface area contributed by atoms with Crippen molar-refractivity contribution in [1.82, 2.24) is 0 Å². The number of carbonyl (C=O) groups is 1. The SMILES string of the molecule is CC.CCOC(=O)Cc1ccccc1OCc1cc(C)c2oc(C3CC3)cc2c1. The van der Waals surface area contributed by atoms with Gasteiger partial charge in [0.2, 0.25) is 0 Å². The van der Waals surface area contributed by atoms with Crippen LogP contribution in [0.5, 0.6) is 5.75 Å². The summed E-state index contributed by atoms with van der Waals surface area (Å²) >= 11 is 0. The van der Waals surface area contributed by atoms with E-state index in [-0.39, 0.29) is 12.4 Å². The summed E-state index contributed by atoms with van der Waals surface area (Å²) in [4.78, 5) is 11.8. The molecule has 29 heavy (non-hydrogen) atoms. The van der Waals surface area contributed by atoms with Crippen LogP contribution < -0.4 is 4.74 Å². The first-order valence-electron chi connectivity index (χ1n) is 10.5. The zero-order valence-electron chi connectivity index (χ0n) is 17.8. The maximum atomic E-state index is 11.8. The van der Waals surface area contributed by atoms with Gasteiger partial charge < -0.3 is 13.9 Å². The molecule has 0 atom stereocenters. The van der Waals surface area contributed by atoms with E-state index in [4.69, 9.17) is 13.9 Å². The van der Waals surface area contributed by atoms with Gasteiger partial charge in [0.15, 0.2) is 0 Å². The number of para-hydroxylation sites is 1. The van der Waals surface area contributed by atoms with Crippen LogP contribution >= 0.6 is 0 Å². The Balaban J connectivity index is 0.00000117. The highest BCUT2D eigenvalue weighted by molar-refractivity contribution is 5.82. The molecular weight excluding hydrogens is 364 g/mol. The van der Waals surface area contributed by atoms with Crippen molar-refractivity contribution in [2.24, 2.45) is 0 Å². The minimum atomic E-state index is -0.239. The van der Waals surface area contributed by atoms with E-state index in [9.17, 15) is 4.79 Å². The van der Waals surface area contributed by atoms with Gasteiger partial charge in [-0.05, 0) is 62.1 Å². The van der Waals surface area contributed by atoms with E-state index in [0.29, 0.717) is 24.9 Å². The number of ether oxygens (including phenoxy) is 2. The normalized spacial score (nSPS) is 13.0. The van der Waals surface area contributed by atoms with Gasteiger partial charge in [-0.25, -0.2) is 0 Å². The number of aryl methyl sites for hydroxylation is 1. The molecule has 1 heterocycles. The van der Waals surface area contributed by atoms with Crippen LogP contribution in [0.3, 0.4) is 0 Å². The lowest BCUT2D eigenvalue weighted by Crippen LogP contribution is -2.09. The van der Waals surface area contributed by atoms with E-state index < -0.39 is 0 Å². The van der Waals surface area contributed by atoms with E-state index in [1.807, 2.05) is 45.0 Å². The van der Waals surface area contributed by atoms with Crippen molar-refractivity contribution in [2.45, 2.75) is 59.5 Å². The summed E-state index contributed by atoms with van der Waals surface area (Å²) in [5, 5.41) is 1.13. The minimum Gasteiger partial charge on any atom is -0.489 e. The molecular formula is C25H30O4. The summed E-state index contributed by atoms with van der Waals surface area (Å²) in [6, 6.07) is 14.0. The summed E-state index contributed by atoms with van der Waals surface area (Å²) in [5.41, 5.74) is 4.03. The molecule has 0 radical (unpaired) electrons. The Morgan fingerprint density at radius 2 is 1.90 bits per heavy atom. The standard InChI is InChI=1S/C23H24O4.C2H6/c1-3-25-22(24)13-18-6-4-5-7-20(18)26-14-16-10-15(2)23-19(11-16)12-21(27-23)17-8-9-17;1-2/h4-7,10-12,17H,3,8-9,13-14H2,1-2H3;1-2H3. The molecule has 1 aliphatic carbocycles. The fourth-order valence-electron chi connectivity index (χ4n) is 3.40. The van der Waals surface area contributed by atoms with Crippen molar-refractivity contribution in [3.05, 3.63) is 64.9 Å². The topological polar surface area (TPSA) is 48.7 Å². The summed E-state index contributed by atoms with van der Waals surface area (Å²) in [7, 11) is 0. The van der Waals surface area contributed by atoms with Crippen molar-refractivity contribution in [3.63, 3.8) is 0 Å². The number of hydrogen-bond donors (Lipinski definition) is 0. The van der Waals surface area contributed by atoms with E-state index in [1.165, 1.54) is 12.8 Å². The van der Waals surface area contributed by atoms with Crippen molar-refractivity contribution in [3.8, 4) is 5.75 Å². The molecule has 1 aliphatic rings. The quantitative estimate of drug-likeness (QED) is 0.439. The highest BCUT2D eigenvalue weighted by Crippen LogP contribution is 2.42. The molecule has 4 heteroatoms. The first-order valence-corrected chi connectivity index (χ1v) is 10.5. The Labute approximate surface area is 172 Å². The van der Waals surface area contributed by atoms with Gasteiger partial charge in [-0.3, -0.25) is 4.79 Å². The van der Waals surface area contributed by atoms with Crippen LogP contribution in [0.15, 0.2) is 46.9 Å². The molecule has 0 unspecified atom stereocenters. The molecule has 0 saturated heterocycles. The zero-order valence-corrected chi connectivity index (χ0v) is 17.8. The van der Waals surface area contributed by atoms with Crippen LogP contribution in [-0.4, -0.2) is 12.6 Å². The van der Waals surface area contributed by atoms with Gasteiger partial charge >= 0.3 is 5.97 Å². The molecule has 154 valence electrons. The second kappa shape index (κ2) is 9.64. The van der Waals surface area contributed by atoms with E-state index in [0.717, 1.165) is 33.4 Å². The summed E-state index contributed by atoms with van der Waals surface area (Å²) in [5.74, 6) is 2.18. The van der Waals surface area contributed by atoms with Gasteiger partial charge in [0, 0.05) is 16.9 Å². The smallest absolute Gasteiger partial charge is 0.310 e. The largest absolute Gasteiger partial charge is 0.489 e. The zero-order chi connectivity index (χ0) is 20.8. The molecule has 2 aromatic carbocycles. The van der Waals surface area contributed by atoms with E-state index in [2.05, 4.69) is 25.1 Å². The predicted octanol–water partition coefficient (Wildman–Crippen LogP) is 6.33. The van der Waals surface area contributed by atoms with Gasteiger partial charge in [-0.15, -0.1) is 0 Å². The Hall–Kier alpha value is -2.75. The van der Waals surface area contributed by atoms with Crippen LogP contribution in [0, 0.1) is 6.92 Å². The maximum Gasteiger partial charge on any atom is 0.310 e. The maximum absolute atomic E-state index is 11.8. The lowest BCUT2D eigenvalue weighted by Gasteiger charge is -2.12. The van der Waals surface area contributed by atoms with Crippen LogP contribution in [0.1, 0.15) is 62.0 Å². The average molecular weight is 395 g/mol. The third kappa shape index (κ3) is 5.20. The Morgan fingerprint density at radius 1 is 1.14 bits per heavy atom. The summed E-state index contributed by atoms with van der Waals surface area (Å²) < 4.78 is 17.1. The van der Waals surface area contributed by atoms with E-state index >= 15 is 0 Å². The molecule has 4 rings (SSSR count). The molecule has 0 bridgehead atoms. The van der Waals surface area contributed by atoms with Gasteiger partial charge in [0.05, 0.1) is 13.0 Å². The van der Waals surface area contributed by atoms with Crippen molar-refractivity contribution < 1.29 is 18.7 Å². The molecule has 3 aromatic rings. The lowest BCUT2D eigenvalue weighted by atomic mass is 10.1. The second-order valence-electron chi connectivity index (χ2n) is 7.13. The average Bonchev–Trinajstić information content (AvgIpc) is 3.48. The Kier molecular flexibility index (Phi) is 6.97. The Morgan fingerprint density at radius 3 is 2.62 bits per heavy atom. The fraction of sp³-hybridized carbons (Fsp3) is 0.400. The molecule has 0 N–H and O–H groups in total. The number of benzene rings is 2. The molecule has 0 spiro atoms. The summed E-state index contributed by atoms with van der Waals surface area (Å²) in [6.07, 6.45) is 2.67. The van der Waals surface area contributed by atoms with Crippen molar-refractivity contribution in [2.75, 3.05) is 6.61 Å². The molecule has 4 nitrogen and oxygen atoms in total. The second-order valence-corrected chi connectivity index (χ2v) is 7.13. The first kappa shape index (κ1) is 21.0. The minimum absolute atomic E-state index is 0.217.